The largest absolute Gasteiger partial charge is 0.493 e. The minimum atomic E-state index is -0.0714. The monoisotopic (exact) mass is 282 g/mol. The first-order valence-corrected chi connectivity index (χ1v) is 7.63. The molecule has 0 aliphatic carbocycles. The number of benzene rings is 1. The number of ether oxygens (including phenoxy) is 1. The van der Waals surface area contributed by atoms with Gasteiger partial charge in [0.1, 0.15) is 5.75 Å². The Morgan fingerprint density at radius 2 is 2.16 bits per heavy atom. The Kier molecular flexibility index (Phi) is 7.36. The Morgan fingerprint density at radius 1 is 1.37 bits per heavy atom. The number of hydrogen-bond donors (Lipinski definition) is 2. The highest BCUT2D eigenvalue weighted by Gasteiger charge is 2.06. The van der Waals surface area contributed by atoms with Crippen LogP contribution < -0.4 is 14.8 Å². The van der Waals surface area contributed by atoms with E-state index in [0.29, 0.717) is 24.6 Å². The quantitative estimate of drug-likeness (QED) is 0.567. The number of amides is 1. The second kappa shape index (κ2) is 8.82. The van der Waals surface area contributed by atoms with Gasteiger partial charge in [-0.25, -0.2) is 0 Å². The van der Waals surface area contributed by atoms with E-state index >= 15 is 0 Å². The molecule has 1 amide bonds. The molecular formula is C14H22N2O2S. The van der Waals surface area contributed by atoms with E-state index in [1.165, 1.54) is 11.9 Å². The van der Waals surface area contributed by atoms with Crippen LogP contribution >= 0.6 is 11.9 Å². The van der Waals surface area contributed by atoms with Crippen molar-refractivity contribution < 1.29 is 9.53 Å². The smallest absolute Gasteiger partial charge is 0.251 e. The van der Waals surface area contributed by atoms with Gasteiger partial charge < -0.3 is 10.1 Å². The lowest BCUT2D eigenvalue weighted by Gasteiger charge is -2.10. The minimum absolute atomic E-state index is 0.0714. The highest BCUT2D eigenvalue weighted by molar-refractivity contribution is 7.96. The zero-order valence-corrected chi connectivity index (χ0v) is 12.5. The predicted molar refractivity (Wildman–Crippen MR) is 80.6 cm³/mol. The van der Waals surface area contributed by atoms with E-state index < -0.39 is 0 Å². The summed E-state index contributed by atoms with van der Waals surface area (Å²) in [5.41, 5.74) is 0.630. The van der Waals surface area contributed by atoms with Gasteiger partial charge in [0.15, 0.2) is 0 Å². The summed E-state index contributed by atoms with van der Waals surface area (Å²) in [4.78, 5) is 11.9. The van der Waals surface area contributed by atoms with Gasteiger partial charge in [-0.3, -0.25) is 9.52 Å². The van der Waals surface area contributed by atoms with Crippen molar-refractivity contribution in [1.82, 2.24) is 10.0 Å². The van der Waals surface area contributed by atoms with E-state index in [0.717, 1.165) is 12.3 Å². The summed E-state index contributed by atoms with van der Waals surface area (Å²) in [7, 11) is 0. The van der Waals surface area contributed by atoms with Crippen LogP contribution in [0.15, 0.2) is 24.3 Å². The topological polar surface area (TPSA) is 50.4 Å². The molecule has 0 aromatic heterocycles. The van der Waals surface area contributed by atoms with E-state index in [9.17, 15) is 4.79 Å². The maximum atomic E-state index is 11.9. The summed E-state index contributed by atoms with van der Waals surface area (Å²) in [6.07, 6.45) is 1.96. The molecule has 2 N–H and O–H groups in total. The Hall–Kier alpha value is -1.20. The van der Waals surface area contributed by atoms with Gasteiger partial charge in [0.25, 0.3) is 5.91 Å². The molecule has 0 aliphatic heterocycles. The van der Waals surface area contributed by atoms with E-state index in [2.05, 4.69) is 23.9 Å². The molecule has 19 heavy (non-hydrogen) atoms. The van der Waals surface area contributed by atoms with E-state index in [4.69, 9.17) is 4.74 Å². The fourth-order valence-electron chi connectivity index (χ4n) is 1.42. The van der Waals surface area contributed by atoms with Crippen LogP contribution in [0.25, 0.3) is 0 Å². The molecule has 0 saturated heterocycles. The molecule has 4 nitrogen and oxygen atoms in total. The number of carbonyl (C=O) groups excluding carboxylic acids is 1. The Balaban J connectivity index is 2.48. The van der Waals surface area contributed by atoms with Gasteiger partial charge in [0.2, 0.25) is 0 Å². The third kappa shape index (κ3) is 6.50. The number of carbonyl (C=O) groups is 1. The zero-order chi connectivity index (χ0) is 14.1. The van der Waals surface area contributed by atoms with Crippen molar-refractivity contribution in [2.24, 2.45) is 5.92 Å². The predicted octanol–water partition coefficient (Wildman–Crippen LogP) is 2.32. The van der Waals surface area contributed by atoms with Gasteiger partial charge in [-0.1, -0.05) is 31.9 Å². The van der Waals surface area contributed by atoms with Crippen LogP contribution in [0, 0.1) is 5.92 Å². The molecule has 0 atom stereocenters. The second-order valence-corrected chi connectivity index (χ2v) is 5.28. The van der Waals surface area contributed by atoms with Crippen molar-refractivity contribution in [3.8, 4) is 5.75 Å². The lowest BCUT2D eigenvalue weighted by molar-refractivity contribution is 0.0954. The highest BCUT2D eigenvalue weighted by Crippen LogP contribution is 2.14. The van der Waals surface area contributed by atoms with E-state index in [-0.39, 0.29) is 5.91 Å². The van der Waals surface area contributed by atoms with Crippen molar-refractivity contribution in [2.75, 3.05) is 26.0 Å². The third-order valence-electron chi connectivity index (χ3n) is 2.34. The van der Waals surface area contributed by atoms with Crippen LogP contribution in [0.1, 0.15) is 24.2 Å². The van der Waals surface area contributed by atoms with Crippen LogP contribution in [0.5, 0.6) is 5.75 Å². The Labute approximate surface area is 119 Å². The van der Waals surface area contributed by atoms with Crippen LogP contribution in [-0.4, -0.2) is 31.9 Å². The molecule has 5 heteroatoms. The normalized spacial score (nSPS) is 10.5. The number of hydrogen-bond acceptors (Lipinski definition) is 4. The summed E-state index contributed by atoms with van der Waals surface area (Å²) in [5.74, 6) is 1.14. The molecule has 0 heterocycles. The standard InChI is InChI=1S/C14H22N2O2S/c1-11(2)10-18-13-6-4-5-12(9-13)14(17)15-7-8-16-19-3/h4-6,9,11,16H,7-8,10H2,1-3H3,(H,15,17). The first-order valence-electron chi connectivity index (χ1n) is 6.40. The van der Waals surface area contributed by atoms with Crippen LogP contribution in [0.2, 0.25) is 0 Å². The third-order valence-corrected chi connectivity index (χ3v) is 2.83. The van der Waals surface area contributed by atoms with Crippen molar-refractivity contribution in [3.63, 3.8) is 0 Å². The van der Waals surface area contributed by atoms with E-state index in [1.807, 2.05) is 18.4 Å². The summed E-state index contributed by atoms with van der Waals surface area (Å²) >= 11 is 1.54. The van der Waals surface area contributed by atoms with Crippen LogP contribution in [0.4, 0.5) is 0 Å². The lowest BCUT2D eigenvalue weighted by atomic mass is 10.2. The molecule has 1 aromatic carbocycles. The molecule has 0 fully saturated rings. The van der Waals surface area contributed by atoms with Gasteiger partial charge in [0, 0.05) is 18.7 Å². The Bertz CT molecular complexity index is 397. The molecule has 0 radical (unpaired) electrons. The van der Waals surface area contributed by atoms with Crippen LogP contribution in [-0.2, 0) is 0 Å². The molecule has 106 valence electrons. The summed E-state index contributed by atoms with van der Waals surface area (Å²) in [6, 6.07) is 7.28. The zero-order valence-electron chi connectivity index (χ0n) is 11.7. The molecule has 0 saturated carbocycles. The van der Waals surface area contributed by atoms with Gasteiger partial charge >= 0.3 is 0 Å². The minimum Gasteiger partial charge on any atom is -0.493 e. The second-order valence-electron chi connectivity index (χ2n) is 4.59. The molecule has 0 bridgehead atoms. The number of rotatable bonds is 8. The molecule has 0 aliphatic rings. The molecule has 1 aromatic rings. The summed E-state index contributed by atoms with van der Waals surface area (Å²) < 4.78 is 8.68. The van der Waals surface area contributed by atoms with Crippen molar-refractivity contribution in [1.29, 1.82) is 0 Å². The first-order chi connectivity index (χ1) is 9.13. The van der Waals surface area contributed by atoms with E-state index in [1.54, 1.807) is 12.1 Å². The van der Waals surface area contributed by atoms with Gasteiger partial charge in [0.05, 0.1) is 6.61 Å². The summed E-state index contributed by atoms with van der Waals surface area (Å²) in [5, 5.41) is 2.86. The fraction of sp³-hybridized carbons (Fsp3) is 0.500. The van der Waals surface area contributed by atoms with Crippen LogP contribution in [0.3, 0.4) is 0 Å². The molecule has 0 unspecified atom stereocenters. The van der Waals surface area contributed by atoms with Crippen molar-refractivity contribution in [3.05, 3.63) is 29.8 Å². The number of nitrogens with one attached hydrogen (secondary N) is 2. The Morgan fingerprint density at radius 3 is 2.84 bits per heavy atom. The fourth-order valence-corrected chi connectivity index (χ4v) is 1.73. The first kappa shape index (κ1) is 15.9. The SMILES string of the molecule is CSNCCNC(=O)c1cccc(OCC(C)C)c1. The average molecular weight is 282 g/mol. The van der Waals surface area contributed by atoms with Gasteiger partial charge in [-0.2, -0.15) is 0 Å². The lowest BCUT2D eigenvalue weighted by Crippen LogP contribution is -2.29. The summed E-state index contributed by atoms with van der Waals surface area (Å²) in [6.45, 7) is 6.19. The maximum absolute atomic E-state index is 11.9. The maximum Gasteiger partial charge on any atom is 0.251 e. The van der Waals surface area contributed by atoms with Crippen molar-refractivity contribution in [2.45, 2.75) is 13.8 Å². The van der Waals surface area contributed by atoms with Gasteiger partial charge in [-0.05, 0) is 30.4 Å². The average Bonchev–Trinajstić information content (AvgIpc) is 2.41. The highest BCUT2D eigenvalue weighted by atomic mass is 32.2. The molecule has 0 spiro atoms. The molecule has 1 rings (SSSR count). The van der Waals surface area contributed by atoms with Gasteiger partial charge in [-0.15, -0.1) is 0 Å². The van der Waals surface area contributed by atoms with Crippen molar-refractivity contribution >= 4 is 17.9 Å². The molecular weight excluding hydrogens is 260 g/mol.